The van der Waals surface area contributed by atoms with E-state index in [1.54, 1.807) is 0 Å². The normalized spacial score (nSPS) is 15.3. The first kappa shape index (κ1) is 10.1. The van der Waals surface area contributed by atoms with Crippen molar-refractivity contribution in [2.24, 2.45) is 0 Å². The molecular formula is C11H10ClN3S. The van der Waals surface area contributed by atoms with Crippen molar-refractivity contribution in [3.8, 4) is 11.4 Å². The maximum absolute atomic E-state index is 6.16. The van der Waals surface area contributed by atoms with Crippen LogP contribution in [0.3, 0.4) is 0 Å². The van der Waals surface area contributed by atoms with Gasteiger partial charge in [-0.15, -0.1) is 0 Å². The van der Waals surface area contributed by atoms with Crippen LogP contribution in [0.5, 0.6) is 0 Å². The maximum atomic E-state index is 6.16. The lowest BCUT2D eigenvalue weighted by Gasteiger charge is -2.05. The van der Waals surface area contributed by atoms with Crippen LogP contribution in [0.4, 0.5) is 0 Å². The summed E-state index contributed by atoms with van der Waals surface area (Å²) in [5.74, 6) is 0.845. The van der Waals surface area contributed by atoms with Gasteiger partial charge in [-0.1, -0.05) is 23.7 Å². The van der Waals surface area contributed by atoms with E-state index >= 15 is 0 Å². The largest absolute Gasteiger partial charge is 0.297 e. The van der Waals surface area contributed by atoms with E-state index in [1.165, 1.54) is 12.8 Å². The van der Waals surface area contributed by atoms with Crippen molar-refractivity contribution in [1.82, 2.24) is 14.8 Å². The molecule has 1 fully saturated rings. The van der Waals surface area contributed by atoms with Crippen molar-refractivity contribution in [2.45, 2.75) is 18.9 Å². The predicted octanol–water partition coefficient (Wildman–Crippen LogP) is 3.60. The third kappa shape index (κ3) is 1.58. The Labute approximate surface area is 103 Å². The summed E-state index contributed by atoms with van der Waals surface area (Å²) >= 11 is 11.4. The quantitative estimate of drug-likeness (QED) is 0.828. The molecule has 1 heterocycles. The van der Waals surface area contributed by atoms with Gasteiger partial charge in [0.25, 0.3) is 0 Å². The monoisotopic (exact) mass is 251 g/mol. The van der Waals surface area contributed by atoms with Gasteiger partial charge in [0.2, 0.25) is 0 Å². The minimum absolute atomic E-state index is 0.498. The topological polar surface area (TPSA) is 33.6 Å². The molecule has 1 saturated carbocycles. The van der Waals surface area contributed by atoms with E-state index in [9.17, 15) is 0 Å². The Kier molecular flexibility index (Phi) is 2.33. The fourth-order valence-corrected chi connectivity index (χ4v) is 2.31. The van der Waals surface area contributed by atoms with Crippen LogP contribution in [-0.2, 0) is 0 Å². The van der Waals surface area contributed by atoms with E-state index in [4.69, 9.17) is 23.8 Å². The van der Waals surface area contributed by atoms with Crippen LogP contribution in [-0.4, -0.2) is 14.8 Å². The molecule has 0 amide bonds. The van der Waals surface area contributed by atoms with Gasteiger partial charge in [0, 0.05) is 11.6 Å². The Morgan fingerprint density at radius 2 is 2.12 bits per heavy atom. The molecule has 0 unspecified atom stereocenters. The number of benzene rings is 1. The number of hydrogen-bond donors (Lipinski definition) is 1. The SMILES string of the molecule is S=c1[nH]nc(-c2ccccc2Cl)n1C1CC1. The number of rotatable bonds is 2. The van der Waals surface area contributed by atoms with Gasteiger partial charge < -0.3 is 0 Å². The van der Waals surface area contributed by atoms with E-state index in [0.717, 1.165) is 11.4 Å². The molecule has 3 rings (SSSR count). The highest BCUT2D eigenvalue weighted by atomic mass is 35.5. The van der Waals surface area contributed by atoms with Gasteiger partial charge in [0.05, 0.1) is 5.02 Å². The third-order valence-corrected chi connectivity index (χ3v) is 3.35. The predicted molar refractivity (Wildman–Crippen MR) is 66.1 cm³/mol. The lowest BCUT2D eigenvalue weighted by Crippen LogP contribution is -1.97. The molecule has 3 nitrogen and oxygen atoms in total. The number of halogens is 1. The summed E-state index contributed by atoms with van der Waals surface area (Å²) in [6.45, 7) is 0. The van der Waals surface area contributed by atoms with Gasteiger partial charge in [-0.25, -0.2) is 0 Å². The molecule has 16 heavy (non-hydrogen) atoms. The smallest absolute Gasteiger partial charge is 0.195 e. The Bertz CT molecular complexity index is 583. The fourth-order valence-electron chi connectivity index (χ4n) is 1.81. The maximum Gasteiger partial charge on any atom is 0.195 e. The zero-order valence-corrected chi connectivity index (χ0v) is 10.1. The molecule has 0 aliphatic heterocycles. The minimum atomic E-state index is 0.498. The number of hydrogen-bond acceptors (Lipinski definition) is 2. The van der Waals surface area contributed by atoms with Crippen molar-refractivity contribution in [1.29, 1.82) is 0 Å². The number of nitrogens with zero attached hydrogens (tertiary/aromatic N) is 2. The van der Waals surface area contributed by atoms with Crippen molar-refractivity contribution in [3.63, 3.8) is 0 Å². The van der Waals surface area contributed by atoms with Crippen molar-refractivity contribution in [2.75, 3.05) is 0 Å². The number of H-pyrrole nitrogens is 1. The summed E-state index contributed by atoms with van der Waals surface area (Å²) in [6.07, 6.45) is 2.34. The molecule has 82 valence electrons. The lowest BCUT2D eigenvalue weighted by molar-refractivity contribution is 0.735. The van der Waals surface area contributed by atoms with Gasteiger partial charge in [-0.2, -0.15) is 5.10 Å². The Morgan fingerprint density at radius 1 is 1.38 bits per heavy atom. The molecule has 0 spiro atoms. The summed E-state index contributed by atoms with van der Waals surface area (Å²) in [5.41, 5.74) is 0.934. The summed E-state index contributed by atoms with van der Waals surface area (Å²) in [7, 11) is 0. The minimum Gasteiger partial charge on any atom is -0.297 e. The second-order valence-corrected chi connectivity index (χ2v) is 4.73. The van der Waals surface area contributed by atoms with Gasteiger partial charge >= 0.3 is 0 Å². The van der Waals surface area contributed by atoms with E-state index in [-0.39, 0.29) is 0 Å². The molecule has 1 N–H and O–H groups in total. The average Bonchev–Trinajstić information content (AvgIpc) is 3.04. The Hall–Kier alpha value is -1.13. The molecule has 0 saturated heterocycles. The molecule has 1 aromatic heterocycles. The Morgan fingerprint density at radius 3 is 2.81 bits per heavy atom. The molecular weight excluding hydrogens is 242 g/mol. The fraction of sp³-hybridized carbons (Fsp3) is 0.273. The molecule has 2 aromatic rings. The van der Waals surface area contributed by atoms with Gasteiger partial charge in [-0.3, -0.25) is 9.67 Å². The highest BCUT2D eigenvalue weighted by Gasteiger charge is 2.28. The molecule has 0 bridgehead atoms. The van der Waals surface area contributed by atoms with E-state index in [1.807, 2.05) is 24.3 Å². The lowest BCUT2D eigenvalue weighted by atomic mass is 10.2. The molecule has 0 radical (unpaired) electrons. The van der Waals surface area contributed by atoms with Crippen LogP contribution < -0.4 is 0 Å². The first-order valence-corrected chi connectivity index (χ1v) is 5.98. The molecule has 5 heteroatoms. The highest BCUT2D eigenvalue weighted by molar-refractivity contribution is 7.71. The van der Waals surface area contributed by atoms with Crippen molar-refractivity contribution >= 4 is 23.8 Å². The van der Waals surface area contributed by atoms with Crippen LogP contribution in [0.2, 0.25) is 5.02 Å². The van der Waals surface area contributed by atoms with Crippen LogP contribution in [0.1, 0.15) is 18.9 Å². The zero-order valence-electron chi connectivity index (χ0n) is 8.48. The van der Waals surface area contributed by atoms with E-state index < -0.39 is 0 Å². The first-order valence-electron chi connectivity index (χ1n) is 5.19. The standard InChI is InChI=1S/C11H10ClN3S/c12-9-4-2-1-3-8(9)10-13-14-11(16)15(10)7-5-6-7/h1-4,7H,5-6H2,(H,14,16). The van der Waals surface area contributed by atoms with Gasteiger partial charge in [-0.05, 0) is 37.2 Å². The summed E-state index contributed by atoms with van der Waals surface area (Å²) in [4.78, 5) is 0. The second kappa shape index (κ2) is 3.71. The summed E-state index contributed by atoms with van der Waals surface area (Å²) < 4.78 is 2.74. The van der Waals surface area contributed by atoms with Crippen molar-refractivity contribution < 1.29 is 0 Å². The number of aromatic nitrogens is 3. The summed E-state index contributed by atoms with van der Waals surface area (Å²) in [5, 5.41) is 7.82. The van der Waals surface area contributed by atoms with E-state index in [0.29, 0.717) is 15.8 Å². The molecule has 1 aliphatic rings. The van der Waals surface area contributed by atoms with Crippen LogP contribution in [0.15, 0.2) is 24.3 Å². The second-order valence-electron chi connectivity index (χ2n) is 3.93. The number of aromatic amines is 1. The summed E-state index contributed by atoms with van der Waals surface area (Å²) in [6, 6.07) is 8.19. The van der Waals surface area contributed by atoms with Crippen LogP contribution in [0.25, 0.3) is 11.4 Å². The highest BCUT2D eigenvalue weighted by Crippen LogP contribution is 2.39. The molecule has 1 aliphatic carbocycles. The molecule has 1 aromatic carbocycles. The number of nitrogens with one attached hydrogen (secondary N) is 1. The van der Waals surface area contributed by atoms with E-state index in [2.05, 4.69) is 14.8 Å². The zero-order chi connectivity index (χ0) is 11.1. The Balaban J connectivity index is 2.20. The third-order valence-electron chi connectivity index (χ3n) is 2.73. The first-order chi connectivity index (χ1) is 7.77. The van der Waals surface area contributed by atoms with Gasteiger partial charge in [0.15, 0.2) is 10.6 Å². The van der Waals surface area contributed by atoms with Crippen LogP contribution >= 0.6 is 23.8 Å². The average molecular weight is 252 g/mol. The molecule has 0 atom stereocenters. The van der Waals surface area contributed by atoms with Crippen LogP contribution in [0, 0.1) is 4.77 Å². The van der Waals surface area contributed by atoms with Gasteiger partial charge in [0.1, 0.15) is 0 Å². The van der Waals surface area contributed by atoms with Crippen molar-refractivity contribution in [3.05, 3.63) is 34.1 Å².